The molecule has 4 rings (SSSR count). The van der Waals surface area contributed by atoms with Gasteiger partial charge in [0.1, 0.15) is 35.2 Å². The molecule has 1 aliphatic heterocycles. The molecular formula is C29H32F2N6O9S. The average Bonchev–Trinajstić information content (AvgIpc) is 3.49. The number of carboxylic acid groups (broad SMARTS) is 1. The maximum absolute atomic E-state index is 14.3. The summed E-state index contributed by atoms with van der Waals surface area (Å²) in [6.45, 7) is 3.69. The van der Waals surface area contributed by atoms with E-state index in [-0.39, 0.29) is 11.4 Å². The molecule has 6 atom stereocenters. The van der Waals surface area contributed by atoms with Crippen LogP contribution in [0.2, 0.25) is 0 Å². The van der Waals surface area contributed by atoms with Crippen molar-refractivity contribution in [2.24, 2.45) is 0 Å². The Morgan fingerprint density at radius 1 is 1.30 bits per heavy atom. The summed E-state index contributed by atoms with van der Waals surface area (Å²) in [5, 5.41) is 71.2. The third kappa shape index (κ3) is 7.84. The van der Waals surface area contributed by atoms with Crippen LogP contribution in [-0.4, -0.2) is 100 Å². The lowest BCUT2D eigenvalue weighted by atomic mass is 9.88. The molecule has 1 amide bonds. The lowest BCUT2D eigenvalue weighted by Gasteiger charge is -2.46. The predicted molar refractivity (Wildman–Crippen MR) is 157 cm³/mol. The summed E-state index contributed by atoms with van der Waals surface area (Å²) >= 11 is 1.25. The molecule has 0 unspecified atom stereocenters. The summed E-state index contributed by atoms with van der Waals surface area (Å²) < 4.78 is 41.0. The molecule has 1 fully saturated rings. The lowest BCUT2D eigenvalue weighted by molar-refractivity contribution is -0.284. The summed E-state index contributed by atoms with van der Waals surface area (Å²) in [5.74, 6) is -5.83. The number of aliphatic carboxylic acids is 1. The summed E-state index contributed by atoms with van der Waals surface area (Å²) in [6.07, 6.45) is -10.2. The van der Waals surface area contributed by atoms with Crippen molar-refractivity contribution in [2.75, 3.05) is 6.61 Å². The van der Waals surface area contributed by atoms with Crippen LogP contribution in [-0.2, 0) is 20.1 Å². The number of aryl methyl sites for hydroxylation is 2. The van der Waals surface area contributed by atoms with Crippen LogP contribution in [0.15, 0.2) is 35.5 Å². The average molecular weight is 679 g/mol. The zero-order valence-corrected chi connectivity index (χ0v) is 26.1. The van der Waals surface area contributed by atoms with Gasteiger partial charge in [-0.1, -0.05) is 17.0 Å². The number of aliphatic hydroxyl groups is 4. The standard InChI is InChI=1S/C29H32F2N6O9S/c1-13-6-14(2)33-27(19(13)9-32)47-12-16-10-37(36-35-16)17-4-5-22(18(7-17)26(30)31)45-29(28(43)44)8-20(40)23(34-15(3)39)25(46-29)24(42)21(41)11-38/h4-7,10,20-21,23-26,38,40-42H,8,11-12H2,1-3H3,(H,34,39)(H,43,44)/t20-,21+,23+,24+,25+,29+/m0/s1. The zero-order valence-electron chi connectivity index (χ0n) is 25.2. The minimum Gasteiger partial charge on any atom is -0.476 e. The number of carbonyl (C=O) groups excluding carboxylic acids is 1. The fraction of sp³-hybridized carbons (Fsp3) is 0.448. The number of nitrogens with zero attached hydrogens (tertiary/aromatic N) is 5. The molecule has 15 nitrogen and oxygen atoms in total. The zero-order chi connectivity index (χ0) is 34.6. The molecule has 1 aliphatic rings. The minimum absolute atomic E-state index is 0.109. The second kappa shape index (κ2) is 14.7. The first-order valence-electron chi connectivity index (χ1n) is 14.1. The van der Waals surface area contributed by atoms with Gasteiger partial charge in [0, 0.05) is 18.4 Å². The van der Waals surface area contributed by atoms with Gasteiger partial charge in [-0.2, -0.15) is 5.26 Å². The van der Waals surface area contributed by atoms with E-state index < -0.39 is 78.9 Å². The molecule has 0 aliphatic carbocycles. The molecule has 252 valence electrons. The highest BCUT2D eigenvalue weighted by atomic mass is 32.2. The smallest absolute Gasteiger partial charge is 0.377 e. The Morgan fingerprint density at radius 3 is 2.64 bits per heavy atom. The fourth-order valence-corrected chi connectivity index (χ4v) is 6.00. The molecular weight excluding hydrogens is 646 g/mol. The Balaban J connectivity index is 1.62. The van der Waals surface area contributed by atoms with E-state index >= 15 is 0 Å². The molecule has 0 spiro atoms. The number of pyridine rings is 1. The van der Waals surface area contributed by atoms with Crippen LogP contribution in [0.4, 0.5) is 8.78 Å². The van der Waals surface area contributed by atoms with Crippen LogP contribution < -0.4 is 10.1 Å². The number of halogens is 2. The molecule has 6 N–H and O–H groups in total. The number of thioether (sulfide) groups is 1. The Labute approximate surface area is 270 Å². The van der Waals surface area contributed by atoms with Crippen molar-refractivity contribution in [1.29, 1.82) is 5.26 Å². The molecule has 0 saturated carbocycles. The van der Waals surface area contributed by atoms with Gasteiger partial charge in [0.25, 0.3) is 6.43 Å². The highest BCUT2D eigenvalue weighted by Crippen LogP contribution is 2.39. The van der Waals surface area contributed by atoms with Crippen molar-refractivity contribution in [3.05, 3.63) is 58.5 Å². The first-order chi connectivity index (χ1) is 22.2. The van der Waals surface area contributed by atoms with Gasteiger partial charge in [-0.25, -0.2) is 23.2 Å². The second-order valence-corrected chi connectivity index (χ2v) is 11.8. The summed E-state index contributed by atoms with van der Waals surface area (Å²) in [4.78, 5) is 28.6. The van der Waals surface area contributed by atoms with Gasteiger partial charge in [-0.05, 0) is 43.7 Å². The fourth-order valence-electron chi connectivity index (χ4n) is 5.03. The van der Waals surface area contributed by atoms with Gasteiger partial charge in [0.15, 0.2) is 0 Å². The summed E-state index contributed by atoms with van der Waals surface area (Å²) in [5.41, 5.74) is 1.70. The first kappa shape index (κ1) is 35.6. The first-order valence-corrected chi connectivity index (χ1v) is 15.1. The van der Waals surface area contributed by atoms with Crippen LogP contribution in [0.5, 0.6) is 5.75 Å². The van der Waals surface area contributed by atoms with Crippen molar-refractivity contribution in [1.82, 2.24) is 25.3 Å². The molecule has 0 radical (unpaired) electrons. The molecule has 47 heavy (non-hydrogen) atoms. The van der Waals surface area contributed by atoms with Gasteiger partial charge in [-0.15, -0.1) is 5.10 Å². The van der Waals surface area contributed by atoms with Gasteiger partial charge in [0.05, 0.1) is 53.9 Å². The predicted octanol–water partition coefficient (Wildman–Crippen LogP) is 0.909. The van der Waals surface area contributed by atoms with E-state index in [4.69, 9.17) is 9.47 Å². The Morgan fingerprint density at radius 2 is 2.02 bits per heavy atom. The third-order valence-electron chi connectivity index (χ3n) is 7.28. The van der Waals surface area contributed by atoms with E-state index in [0.717, 1.165) is 30.3 Å². The normalized spacial score (nSPS) is 22.4. The number of nitriles is 1. The lowest BCUT2D eigenvalue weighted by Crippen LogP contribution is -2.68. The largest absolute Gasteiger partial charge is 0.476 e. The maximum Gasteiger partial charge on any atom is 0.377 e. The van der Waals surface area contributed by atoms with E-state index in [2.05, 4.69) is 26.7 Å². The van der Waals surface area contributed by atoms with Crippen molar-refractivity contribution < 1.29 is 53.4 Å². The number of nitrogens with one attached hydrogen (secondary N) is 1. The monoisotopic (exact) mass is 678 g/mol. The Hall–Kier alpha value is -4.25. The number of hydrogen-bond donors (Lipinski definition) is 6. The van der Waals surface area contributed by atoms with Gasteiger partial charge < -0.3 is 40.3 Å². The number of alkyl halides is 2. The van der Waals surface area contributed by atoms with E-state index in [1.54, 1.807) is 19.9 Å². The van der Waals surface area contributed by atoms with Crippen LogP contribution in [0.1, 0.15) is 47.8 Å². The minimum atomic E-state index is -3.20. The number of aliphatic hydroxyl groups excluding tert-OH is 4. The summed E-state index contributed by atoms with van der Waals surface area (Å²) in [7, 11) is 0. The molecule has 2 aromatic heterocycles. The molecule has 1 aromatic carbocycles. The topological polar surface area (TPSA) is 233 Å². The van der Waals surface area contributed by atoms with Crippen LogP contribution in [0.3, 0.4) is 0 Å². The van der Waals surface area contributed by atoms with Gasteiger partial charge >= 0.3 is 11.8 Å². The van der Waals surface area contributed by atoms with Crippen molar-refractivity contribution >= 4 is 23.6 Å². The highest BCUT2D eigenvalue weighted by Gasteiger charge is 2.57. The molecule has 0 bridgehead atoms. The van der Waals surface area contributed by atoms with Crippen LogP contribution in [0.25, 0.3) is 5.69 Å². The second-order valence-electron chi connectivity index (χ2n) is 10.8. The number of hydrogen-bond acceptors (Lipinski definition) is 13. The molecule has 18 heteroatoms. The SMILES string of the molecule is CC(=O)N[C@H]1[C@H]([C@H](O)[C@H](O)CO)O[C@@](Oc2ccc(-n3cc(CSc4nc(C)cc(C)c4C#N)nn3)cc2C(F)F)(C(=O)O)C[C@@H]1O. The Bertz CT molecular complexity index is 1670. The van der Waals surface area contributed by atoms with Crippen molar-refractivity contribution in [3.63, 3.8) is 0 Å². The van der Waals surface area contributed by atoms with Gasteiger partial charge in [0.2, 0.25) is 5.91 Å². The number of ether oxygens (including phenoxy) is 2. The van der Waals surface area contributed by atoms with Gasteiger partial charge in [-0.3, -0.25) is 4.79 Å². The van der Waals surface area contributed by atoms with Crippen molar-refractivity contribution in [2.45, 2.75) is 80.6 Å². The quantitative estimate of drug-likeness (QED) is 0.146. The van der Waals surface area contributed by atoms with Crippen molar-refractivity contribution in [3.8, 4) is 17.5 Å². The van der Waals surface area contributed by atoms with Crippen LogP contribution in [0, 0.1) is 25.2 Å². The number of carboxylic acids is 1. The Kier molecular flexibility index (Phi) is 11.1. The number of rotatable bonds is 12. The van der Waals surface area contributed by atoms with E-state index in [1.165, 1.54) is 28.7 Å². The number of amides is 1. The van der Waals surface area contributed by atoms with Crippen LogP contribution >= 0.6 is 11.8 Å². The summed E-state index contributed by atoms with van der Waals surface area (Å²) in [6, 6.07) is 5.78. The van der Waals surface area contributed by atoms with E-state index in [9.17, 15) is 49.2 Å². The number of benzene rings is 1. The maximum atomic E-state index is 14.3. The van der Waals surface area contributed by atoms with E-state index in [1.807, 2.05) is 0 Å². The third-order valence-corrected chi connectivity index (χ3v) is 8.28. The molecule has 1 saturated heterocycles. The molecule has 3 heterocycles. The highest BCUT2D eigenvalue weighted by molar-refractivity contribution is 7.98. The number of carbonyl (C=O) groups is 2. The number of aromatic nitrogens is 4. The molecule has 3 aromatic rings. The van der Waals surface area contributed by atoms with E-state index in [0.29, 0.717) is 16.3 Å².